The van der Waals surface area contributed by atoms with Crippen LogP contribution in [0.15, 0.2) is 23.0 Å². The lowest BCUT2D eigenvalue weighted by molar-refractivity contribution is 0.0788. The van der Waals surface area contributed by atoms with E-state index in [2.05, 4.69) is 4.98 Å². The van der Waals surface area contributed by atoms with Gasteiger partial charge in [-0.2, -0.15) is 0 Å². The first kappa shape index (κ1) is 18.7. The Balaban J connectivity index is 1.69. The minimum atomic E-state index is -0.103. The molecule has 6 nitrogen and oxygen atoms in total. The number of thiophene rings is 1. The van der Waals surface area contributed by atoms with Crippen molar-refractivity contribution >= 4 is 27.5 Å². The predicted molar refractivity (Wildman–Crippen MR) is 110 cm³/mol. The molecule has 2 aromatic heterocycles. The number of hydrogen-bond donors (Lipinski definition) is 0. The van der Waals surface area contributed by atoms with E-state index in [0.717, 1.165) is 41.1 Å². The predicted octanol–water partition coefficient (Wildman–Crippen LogP) is 3.30. The molecule has 0 saturated heterocycles. The summed E-state index contributed by atoms with van der Waals surface area (Å²) < 4.78 is 7.18. The van der Waals surface area contributed by atoms with E-state index in [1.165, 1.54) is 11.3 Å². The van der Waals surface area contributed by atoms with E-state index >= 15 is 0 Å². The fourth-order valence-corrected chi connectivity index (χ4v) is 5.00. The summed E-state index contributed by atoms with van der Waals surface area (Å²) in [5.74, 6) is 1.49. The van der Waals surface area contributed by atoms with Gasteiger partial charge in [0.25, 0.3) is 11.5 Å². The molecule has 0 unspecified atom stereocenters. The Kier molecular flexibility index (Phi) is 4.71. The molecule has 0 N–H and O–H groups in total. The molecule has 1 aromatic carbocycles. The normalized spacial score (nSPS) is 13.0. The van der Waals surface area contributed by atoms with Crippen LogP contribution in [-0.4, -0.2) is 34.5 Å². The van der Waals surface area contributed by atoms with Crippen molar-refractivity contribution < 1.29 is 9.53 Å². The second-order valence-electron chi connectivity index (χ2n) is 7.30. The fraction of sp³-hybridized carbons (Fsp3) is 0.381. The molecule has 0 radical (unpaired) electrons. The molecule has 0 saturated carbocycles. The monoisotopic (exact) mass is 397 g/mol. The third-order valence-electron chi connectivity index (χ3n) is 5.30. The van der Waals surface area contributed by atoms with E-state index in [1.54, 1.807) is 23.6 Å². The molecule has 0 spiro atoms. The second-order valence-corrected chi connectivity index (χ2v) is 8.30. The number of ether oxygens (including phenoxy) is 1. The van der Waals surface area contributed by atoms with Crippen molar-refractivity contribution in [3.05, 3.63) is 55.9 Å². The zero-order valence-corrected chi connectivity index (χ0v) is 17.4. The molecule has 1 amide bonds. The number of aromatic nitrogens is 2. The number of hydrogen-bond acceptors (Lipinski definition) is 5. The highest BCUT2D eigenvalue weighted by atomic mass is 32.1. The molecule has 0 aliphatic carbocycles. The van der Waals surface area contributed by atoms with Gasteiger partial charge in [0, 0.05) is 32.1 Å². The summed E-state index contributed by atoms with van der Waals surface area (Å²) >= 11 is 1.32. The van der Waals surface area contributed by atoms with Crippen LogP contribution in [0.25, 0.3) is 10.2 Å². The highest BCUT2D eigenvalue weighted by molar-refractivity contribution is 7.20. The molecule has 7 heteroatoms. The van der Waals surface area contributed by atoms with Crippen LogP contribution in [0.3, 0.4) is 0 Å². The third kappa shape index (κ3) is 2.99. The lowest BCUT2D eigenvalue weighted by atomic mass is 10.1. The maximum Gasteiger partial charge on any atom is 0.264 e. The van der Waals surface area contributed by atoms with Crippen LogP contribution < -0.4 is 10.3 Å². The Morgan fingerprint density at radius 2 is 2.14 bits per heavy atom. The maximum absolute atomic E-state index is 13.1. The number of carbonyl (C=O) groups excluding carboxylic acids is 1. The van der Waals surface area contributed by atoms with Crippen molar-refractivity contribution in [1.29, 1.82) is 0 Å². The summed E-state index contributed by atoms with van der Waals surface area (Å²) in [4.78, 5) is 33.6. The van der Waals surface area contributed by atoms with Crippen molar-refractivity contribution in [3.8, 4) is 5.75 Å². The minimum absolute atomic E-state index is 0.0201. The number of aryl methyl sites for hydroxylation is 3. The topological polar surface area (TPSA) is 64.4 Å². The van der Waals surface area contributed by atoms with Gasteiger partial charge >= 0.3 is 0 Å². The quantitative estimate of drug-likeness (QED) is 0.678. The summed E-state index contributed by atoms with van der Waals surface area (Å²) in [7, 11) is 3.40. The van der Waals surface area contributed by atoms with Crippen LogP contribution in [0, 0.1) is 13.8 Å². The molecule has 1 aliphatic rings. The van der Waals surface area contributed by atoms with Crippen molar-refractivity contribution in [2.45, 2.75) is 39.8 Å². The number of carbonyl (C=O) groups is 1. The smallest absolute Gasteiger partial charge is 0.264 e. The van der Waals surface area contributed by atoms with Gasteiger partial charge < -0.3 is 9.64 Å². The first-order valence-electron chi connectivity index (χ1n) is 9.32. The number of amides is 1. The highest BCUT2D eigenvalue weighted by Crippen LogP contribution is 2.30. The van der Waals surface area contributed by atoms with E-state index in [9.17, 15) is 9.59 Å². The van der Waals surface area contributed by atoms with Gasteiger partial charge in [-0.1, -0.05) is 17.7 Å². The minimum Gasteiger partial charge on any atom is -0.496 e. The van der Waals surface area contributed by atoms with Crippen molar-refractivity contribution in [1.82, 2.24) is 14.5 Å². The zero-order valence-electron chi connectivity index (χ0n) is 16.5. The lowest BCUT2D eigenvalue weighted by Crippen LogP contribution is -2.26. The molecule has 0 bridgehead atoms. The van der Waals surface area contributed by atoms with Gasteiger partial charge in [-0.25, -0.2) is 4.98 Å². The average Bonchev–Trinajstić information content (AvgIpc) is 3.26. The molecule has 3 aromatic rings. The first-order valence-corrected chi connectivity index (χ1v) is 10.1. The SMILES string of the molecule is COc1ccc(C)cc1CN(C)C(=O)c1sc2nc3n(c(=O)c2c1C)CCC3. The molecule has 3 heterocycles. The summed E-state index contributed by atoms with van der Waals surface area (Å²) in [5.41, 5.74) is 2.77. The Bertz CT molecular complexity index is 1150. The Morgan fingerprint density at radius 3 is 2.89 bits per heavy atom. The van der Waals surface area contributed by atoms with Gasteiger partial charge in [0.15, 0.2) is 0 Å². The number of fused-ring (bicyclic) bond motifs is 2. The molecule has 4 rings (SSSR count). The fourth-order valence-electron chi connectivity index (χ4n) is 3.81. The first-order chi connectivity index (χ1) is 13.4. The number of methoxy groups -OCH3 is 1. The van der Waals surface area contributed by atoms with Gasteiger partial charge in [0.05, 0.1) is 17.4 Å². The van der Waals surface area contributed by atoms with Crippen molar-refractivity contribution in [3.63, 3.8) is 0 Å². The van der Waals surface area contributed by atoms with Crippen LogP contribution in [0.5, 0.6) is 5.75 Å². The van der Waals surface area contributed by atoms with Gasteiger partial charge in [0.1, 0.15) is 16.4 Å². The van der Waals surface area contributed by atoms with Gasteiger partial charge in [-0.05, 0) is 31.9 Å². The number of benzene rings is 1. The summed E-state index contributed by atoms with van der Waals surface area (Å²) in [6.45, 7) is 5.00. The standard InChI is InChI=1S/C21H23N3O3S/c1-12-7-8-15(27-4)14(10-12)11-23(3)21(26)18-13(2)17-19(28-18)22-16-6-5-9-24(16)20(17)25/h7-8,10H,5-6,9,11H2,1-4H3. The van der Waals surface area contributed by atoms with Crippen LogP contribution in [0.4, 0.5) is 0 Å². The third-order valence-corrected chi connectivity index (χ3v) is 6.47. The molecule has 0 fully saturated rings. The van der Waals surface area contributed by atoms with E-state index < -0.39 is 0 Å². The van der Waals surface area contributed by atoms with Crippen molar-refractivity contribution in [2.24, 2.45) is 0 Å². The maximum atomic E-state index is 13.1. The zero-order chi connectivity index (χ0) is 20.0. The van der Waals surface area contributed by atoms with Gasteiger partial charge in [-0.15, -0.1) is 11.3 Å². The van der Waals surface area contributed by atoms with E-state index in [-0.39, 0.29) is 11.5 Å². The second kappa shape index (κ2) is 7.05. The van der Waals surface area contributed by atoms with Crippen molar-refractivity contribution in [2.75, 3.05) is 14.2 Å². The molecule has 1 aliphatic heterocycles. The summed E-state index contributed by atoms with van der Waals surface area (Å²) in [6.07, 6.45) is 1.77. The Hall–Kier alpha value is -2.67. The molecule has 0 atom stereocenters. The summed E-state index contributed by atoms with van der Waals surface area (Å²) in [6, 6.07) is 5.93. The van der Waals surface area contributed by atoms with Crippen LogP contribution in [-0.2, 0) is 19.5 Å². The van der Waals surface area contributed by atoms with E-state index in [0.29, 0.717) is 28.2 Å². The van der Waals surface area contributed by atoms with Crippen LogP contribution in [0.1, 0.15) is 38.6 Å². The molecular weight excluding hydrogens is 374 g/mol. The average molecular weight is 398 g/mol. The largest absolute Gasteiger partial charge is 0.496 e. The van der Waals surface area contributed by atoms with Gasteiger partial charge in [-0.3, -0.25) is 14.2 Å². The molecule has 146 valence electrons. The van der Waals surface area contributed by atoms with Gasteiger partial charge in [0.2, 0.25) is 0 Å². The van der Waals surface area contributed by atoms with E-state index in [1.807, 2.05) is 32.0 Å². The number of nitrogens with zero attached hydrogens (tertiary/aromatic N) is 3. The van der Waals surface area contributed by atoms with Crippen LogP contribution >= 0.6 is 11.3 Å². The Labute approximate surface area is 167 Å². The number of rotatable bonds is 4. The summed E-state index contributed by atoms with van der Waals surface area (Å²) in [5, 5.41) is 0.584. The van der Waals surface area contributed by atoms with Crippen LogP contribution in [0.2, 0.25) is 0 Å². The Morgan fingerprint density at radius 1 is 1.36 bits per heavy atom. The molecular formula is C21H23N3O3S. The van der Waals surface area contributed by atoms with E-state index in [4.69, 9.17) is 4.74 Å². The lowest BCUT2D eigenvalue weighted by Gasteiger charge is -2.19. The highest BCUT2D eigenvalue weighted by Gasteiger charge is 2.25. The molecule has 28 heavy (non-hydrogen) atoms.